The lowest BCUT2D eigenvalue weighted by Gasteiger charge is -2.10. The summed E-state index contributed by atoms with van der Waals surface area (Å²) in [7, 11) is 1.91. The Labute approximate surface area is 81.2 Å². The van der Waals surface area contributed by atoms with Crippen molar-refractivity contribution in [2.45, 2.75) is 24.8 Å². The minimum absolute atomic E-state index is 0.131. The largest absolute Gasteiger partial charge is 0.433 e. The minimum atomic E-state index is -0.511. The summed E-state index contributed by atoms with van der Waals surface area (Å²) in [6, 6.07) is 3.08. The van der Waals surface area contributed by atoms with Gasteiger partial charge in [0.2, 0.25) is 0 Å². The molecular formula is C9H12N2O3. The topological polar surface area (TPSA) is 68.3 Å². The third kappa shape index (κ3) is 1.63. The van der Waals surface area contributed by atoms with Gasteiger partial charge in [0.25, 0.3) is 0 Å². The zero-order valence-corrected chi connectivity index (χ0v) is 7.95. The SMILES string of the molecule is CNC1(Cc2ccc([N+](=O)[O-])o2)CC1. The summed E-state index contributed by atoms with van der Waals surface area (Å²) in [6.07, 6.45) is 2.95. The van der Waals surface area contributed by atoms with E-state index in [4.69, 9.17) is 4.42 Å². The van der Waals surface area contributed by atoms with Gasteiger partial charge in [-0.05, 0) is 26.0 Å². The van der Waals surface area contributed by atoms with Crippen molar-refractivity contribution in [3.05, 3.63) is 28.0 Å². The lowest BCUT2D eigenvalue weighted by Crippen LogP contribution is -2.29. The van der Waals surface area contributed by atoms with Gasteiger partial charge in [0, 0.05) is 12.0 Å². The molecule has 5 nitrogen and oxygen atoms in total. The Hall–Kier alpha value is -1.36. The van der Waals surface area contributed by atoms with Gasteiger partial charge in [0.1, 0.15) is 10.7 Å². The number of nitro groups is 1. The van der Waals surface area contributed by atoms with E-state index in [0.29, 0.717) is 5.76 Å². The van der Waals surface area contributed by atoms with Crippen LogP contribution in [0.25, 0.3) is 0 Å². The molecule has 0 amide bonds. The van der Waals surface area contributed by atoms with Crippen LogP contribution in [0.3, 0.4) is 0 Å². The Balaban J connectivity index is 2.07. The van der Waals surface area contributed by atoms with Gasteiger partial charge in [0.05, 0.1) is 6.07 Å². The maximum absolute atomic E-state index is 10.4. The molecule has 0 aromatic carbocycles. The lowest BCUT2D eigenvalue weighted by molar-refractivity contribution is -0.402. The van der Waals surface area contributed by atoms with Gasteiger partial charge in [-0.1, -0.05) is 0 Å². The molecule has 0 saturated heterocycles. The smallest absolute Gasteiger partial charge is 0.406 e. The van der Waals surface area contributed by atoms with Gasteiger partial charge < -0.3 is 9.73 Å². The van der Waals surface area contributed by atoms with Crippen LogP contribution in [-0.4, -0.2) is 17.5 Å². The number of nitrogens with one attached hydrogen (secondary N) is 1. The monoisotopic (exact) mass is 196 g/mol. The average molecular weight is 196 g/mol. The molecule has 2 rings (SSSR count). The molecule has 14 heavy (non-hydrogen) atoms. The van der Waals surface area contributed by atoms with Crippen molar-refractivity contribution in [3.8, 4) is 0 Å². The fourth-order valence-electron chi connectivity index (χ4n) is 1.56. The molecule has 0 atom stereocenters. The van der Waals surface area contributed by atoms with E-state index in [1.807, 2.05) is 7.05 Å². The average Bonchev–Trinajstić information content (AvgIpc) is 2.75. The van der Waals surface area contributed by atoms with Crippen LogP contribution in [0.5, 0.6) is 0 Å². The maximum atomic E-state index is 10.4. The summed E-state index contributed by atoms with van der Waals surface area (Å²) in [5.74, 6) is 0.510. The van der Waals surface area contributed by atoms with Gasteiger partial charge in [-0.25, -0.2) is 0 Å². The van der Waals surface area contributed by atoms with E-state index in [0.717, 1.165) is 19.3 Å². The Bertz CT molecular complexity index is 355. The van der Waals surface area contributed by atoms with E-state index in [2.05, 4.69) is 5.32 Å². The molecule has 1 aliphatic carbocycles. The first-order valence-corrected chi connectivity index (χ1v) is 4.57. The quantitative estimate of drug-likeness (QED) is 0.585. The summed E-state index contributed by atoms with van der Waals surface area (Å²) in [6.45, 7) is 0. The van der Waals surface area contributed by atoms with Crippen LogP contribution in [-0.2, 0) is 6.42 Å². The van der Waals surface area contributed by atoms with Crippen LogP contribution in [0.2, 0.25) is 0 Å². The Morgan fingerprint density at radius 2 is 2.36 bits per heavy atom. The highest BCUT2D eigenvalue weighted by molar-refractivity contribution is 5.21. The third-order valence-corrected chi connectivity index (χ3v) is 2.72. The van der Waals surface area contributed by atoms with Crippen molar-refractivity contribution in [3.63, 3.8) is 0 Å². The molecule has 1 saturated carbocycles. The third-order valence-electron chi connectivity index (χ3n) is 2.72. The highest BCUT2D eigenvalue weighted by Gasteiger charge is 2.41. The number of hydrogen-bond donors (Lipinski definition) is 1. The van der Waals surface area contributed by atoms with Crippen molar-refractivity contribution < 1.29 is 9.34 Å². The van der Waals surface area contributed by atoms with Crippen molar-refractivity contribution in [2.24, 2.45) is 0 Å². The van der Waals surface area contributed by atoms with E-state index < -0.39 is 4.92 Å². The highest BCUT2D eigenvalue weighted by Crippen LogP contribution is 2.38. The summed E-state index contributed by atoms with van der Waals surface area (Å²) in [5.41, 5.74) is 0.131. The Morgan fingerprint density at radius 3 is 2.79 bits per heavy atom. The number of nitrogens with zero attached hydrogens (tertiary/aromatic N) is 1. The van der Waals surface area contributed by atoms with E-state index in [1.54, 1.807) is 6.07 Å². The van der Waals surface area contributed by atoms with Crippen LogP contribution in [0.1, 0.15) is 18.6 Å². The minimum Gasteiger partial charge on any atom is -0.406 e. The standard InChI is InChI=1S/C9H12N2O3/c1-10-9(4-5-9)6-7-2-3-8(14-7)11(12)13/h2-3,10H,4-6H2,1H3. The van der Waals surface area contributed by atoms with Gasteiger partial charge in [-0.2, -0.15) is 0 Å². The lowest BCUT2D eigenvalue weighted by atomic mass is 10.1. The van der Waals surface area contributed by atoms with E-state index in [9.17, 15) is 10.1 Å². The molecule has 1 aromatic rings. The molecule has 0 bridgehead atoms. The zero-order chi connectivity index (χ0) is 10.2. The molecule has 1 aliphatic rings. The van der Waals surface area contributed by atoms with Crippen LogP contribution in [0, 0.1) is 10.1 Å². The number of likely N-dealkylation sites (N-methyl/N-ethyl adjacent to an activating group) is 1. The van der Waals surface area contributed by atoms with Crippen molar-refractivity contribution in [1.82, 2.24) is 5.32 Å². The second-order valence-corrected chi connectivity index (χ2v) is 3.70. The molecule has 5 heteroatoms. The van der Waals surface area contributed by atoms with E-state index >= 15 is 0 Å². The van der Waals surface area contributed by atoms with Gasteiger partial charge >= 0.3 is 5.88 Å². The van der Waals surface area contributed by atoms with Crippen LogP contribution in [0.4, 0.5) is 5.88 Å². The first-order chi connectivity index (χ1) is 6.65. The maximum Gasteiger partial charge on any atom is 0.433 e. The van der Waals surface area contributed by atoms with E-state index in [-0.39, 0.29) is 11.4 Å². The second-order valence-electron chi connectivity index (χ2n) is 3.70. The Morgan fingerprint density at radius 1 is 1.64 bits per heavy atom. The molecule has 76 valence electrons. The summed E-state index contributed by atoms with van der Waals surface area (Å²) >= 11 is 0. The first-order valence-electron chi connectivity index (χ1n) is 4.57. The molecule has 0 unspecified atom stereocenters. The predicted octanol–water partition coefficient (Wildman–Crippen LogP) is 1.48. The van der Waals surface area contributed by atoms with Crippen molar-refractivity contribution in [2.75, 3.05) is 7.05 Å². The fourth-order valence-corrected chi connectivity index (χ4v) is 1.56. The van der Waals surface area contributed by atoms with Crippen LogP contribution in [0.15, 0.2) is 16.5 Å². The van der Waals surface area contributed by atoms with Crippen LogP contribution < -0.4 is 5.32 Å². The summed E-state index contributed by atoms with van der Waals surface area (Å²) in [5, 5.41) is 13.6. The molecule has 0 aliphatic heterocycles. The van der Waals surface area contributed by atoms with Gasteiger partial charge in [0.15, 0.2) is 0 Å². The zero-order valence-electron chi connectivity index (χ0n) is 7.95. The second kappa shape index (κ2) is 3.09. The highest BCUT2D eigenvalue weighted by atomic mass is 16.6. The molecule has 1 aromatic heterocycles. The summed E-state index contributed by atoms with van der Waals surface area (Å²) in [4.78, 5) is 9.85. The molecule has 1 heterocycles. The Kier molecular flexibility index (Phi) is 2.03. The van der Waals surface area contributed by atoms with Gasteiger partial charge in [-0.3, -0.25) is 10.1 Å². The van der Waals surface area contributed by atoms with Crippen molar-refractivity contribution in [1.29, 1.82) is 0 Å². The molecule has 1 N–H and O–H groups in total. The summed E-state index contributed by atoms with van der Waals surface area (Å²) < 4.78 is 5.08. The number of rotatable bonds is 4. The first kappa shape index (κ1) is 9.21. The number of hydrogen-bond acceptors (Lipinski definition) is 4. The van der Waals surface area contributed by atoms with Crippen molar-refractivity contribution >= 4 is 5.88 Å². The van der Waals surface area contributed by atoms with Crippen LogP contribution >= 0.6 is 0 Å². The normalized spacial score (nSPS) is 18.1. The molecule has 1 fully saturated rings. The fraction of sp³-hybridized carbons (Fsp3) is 0.556. The van der Waals surface area contributed by atoms with Gasteiger partial charge in [-0.15, -0.1) is 0 Å². The molecule has 0 spiro atoms. The number of furan rings is 1. The molecular weight excluding hydrogens is 184 g/mol. The van der Waals surface area contributed by atoms with E-state index in [1.165, 1.54) is 6.07 Å². The molecule has 0 radical (unpaired) electrons. The predicted molar refractivity (Wildman–Crippen MR) is 50.1 cm³/mol.